The Hall–Kier alpha value is -1.56. The normalized spacial score (nSPS) is 18.1. The van der Waals surface area contributed by atoms with E-state index in [1.54, 1.807) is 0 Å². The van der Waals surface area contributed by atoms with Crippen molar-refractivity contribution in [1.29, 1.82) is 0 Å². The quantitative estimate of drug-likeness (QED) is 0.395. The van der Waals surface area contributed by atoms with Gasteiger partial charge in [-0.05, 0) is 52.1 Å². The molecule has 6 nitrogen and oxygen atoms in total. The molecule has 0 radical (unpaired) electrons. The van der Waals surface area contributed by atoms with Crippen LogP contribution in [0.3, 0.4) is 0 Å². The molecule has 1 aromatic heterocycles. The Morgan fingerprint density at radius 3 is 2.77 bits per heavy atom. The third-order valence-electron chi connectivity index (χ3n) is 5.32. The Kier molecular flexibility index (Phi) is 8.95. The van der Waals surface area contributed by atoms with Gasteiger partial charge in [0.2, 0.25) is 0 Å². The topological polar surface area (TPSA) is 48.7 Å². The second kappa shape index (κ2) is 11.2. The van der Waals surface area contributed by atoms with Crippen molar-refractivity contribution >= 4 is 5.96 Å². The maximum absolute atomic E-state index is 4.88. The zero-order valence-electron chi connectivity index (χ0n) is 17.2. The molecule has 1 atom stereocenters. The third-order valence-corrected chi connectivity index (χ3v) is 5.32. The van der Waals surface area contributed by atoms with Crippen LogP contribution in [0, 0.1) is 12.8 Å². The van der Waals surface area contributed by atoms with Gasteiger partial charge in [-0.15, -0.1) is 0 Å². The fraction of sp³-hybridized carbons (Fsp3) is 0.800. The number of guanidine groups is 1. The summed E-state index contributed by atoms with van der Waals surface area (Å²) in [7, 11) is 0. The second-order valence-electron chi connectivity index (χ2n) is 7.20. The standard InChI is InChI=1S/C20H38N6/c1-5-21-20(23-11-8-9-13-25-15-12-22-18(25)4)26-14-10-19(17-26)16-24(6-2)7-3/h12,15,19H,5-11,13-14,16-17H2,1-4H3,(H,21,23). The van der Waals surface area contributed by atoms with Crippen molar-refractivity contribution in [2.75, 3.05) is 45.8 Å². The molecule has 0 aromatic carbocycles. The van der Waals surface area contributed by atoms with Crippen LogP contribution in [-0.2, 0) is 6.54 Å². The van der Waals surface area contributed by atoms with Gasteiger partial charge in [0.15, 0.2) is 5.96 Å². The number of aromatic nitrogens is 2. The third kappa shape index (κ3) is 6.31. The summed E-state index contributed by atoms with van der Waals surface area (Å²) in [5, 5.41) is 3.49. The highest BCUT2D eigenvalue weighted by Crippen LogP contribution is 2.17. The molecule has 0 bridgehead atoms. The molecule has 2 heterocycles. The first-order chi connectivity index (χ1) is 12.7. The molecule has 1 fully saturated rings. The average molecular weight is 363 g/mol. The molecule has 0 aliphatic carbocycles. The summed E-state index contributed by atoms with van der Waals surface area (Å²) in [6.45, 7) is 17.4. The predicted molar refractivity (Wildman–Crippen MR) is 110 cm³/mol. The van der Waals surface area contributed by atoms with Crippen molar-refractivity contribution in [1.82, 2.24) is 24.7 Å². The van der Waals surface area contributed by atoms with Crippen LogP contribution in [0.25, 0.3) is 0 Å². The molecule has 26 heavy (non-hydrogen) atoms. The first kappa shape index (κ1) is 20.7. The molecule has 1 aliphatic heterocycles. The average Bonchev–Trinajstić information content (AvgIpc) is 3.27. The van der Waals surface area contributed by atoms with Crippen molar-refractivity contribution < 1.29 is 0 Å². The van der Waals surface area contributed by atoms with Crippen LogP contribution in [0.2, 0.25) is 0 Å². The van der Waals surface area contributed by atoms with Gasteiger partial charge in [0.25, 0.3) is 0 Å². The van der Waals surface area contributed by atoms with Gasteiger partial charge in [-0.3, -0.25) is 4.99 Å². The van der Waals surface area contributed by atoms with Crippen LogP contribution in [-0.4, -0.2) is 71.1 Å². The van der Waals surface area contributed by atoms with Crippen molar-refractivity contribution in [3.63, 3.8) is 0 Å². The minimum Gasteiger partial charge on any atom is -0.357 e. The Bertz CT molecular complexity index is 534. The zero-order chi connectivity index (χ0) is 18.8. The highest BCUT2D eigenvalue weighted by Gasteiger charge is 2.25. The fourth-order valence-electron chi connectivity index (χ4n) is 3.67. The molecule has 1 aliphatic rings. The number of aryl methyl sites for hydroxylation is 2. The van der Waals surface area contributed by atoms with Gasteiger partial charge in [-0.2, -0.15) is 0 Å². The van der Waals surface area contributed by atoms with Gasteiger partial charge in [-0.25, -0.2) is 4.98 Å². The van der Waals surface area contributed by atoms with Gasteiger partial charge in [-0.1, -0.05) is 13.8 Å². The maximum Gasteiger partial charge on any atom is 0.193 e. The lowest BCUT2D eigenvalue weighted by atomic mass is 10.1. The lowest BCUT2D eigenvalue weighted by molar-refractivity contribution is 0.255. The lowest BCUT2D eigenvalue weighted by Gasteiger charge is -2.24. The Morgan fingerprint density at radius 2 is 2.12 bits per heavy atom. The van der Waals surface area contributed by atoms with E-state index < -0.39 is 0 Å². The van der Waals surface area contributed by atoms with E-state index in [0.29, 0.717) is 0 Å². The molecule has 2 rings (SSSR count). The van der Waals surface area contributed by atoms with Gasteiger partial charge in [0.1, 0.15) is 5.82 Å². The van der Waals surface area contributed by atoms with Crippen molar-refractivity contribution in [3.05, 3.63) is 18.2 Å². The summed E-state index contributed by atoms with van der Waals surface area (Å²) in [4.78, 5) is 14.2. The van der Waals surface area contributed by atoms with E-state index in [1.807, 2.05) is 6.20 Å². The van der Waals surface area contributed by atoms with Crippen molar-refractivity contribution in [2.45, 2.75) is 53.5 Å². The number of hydrogen-bond donors (Lipinski definition) is 1. The maximum atomic E-state index is 4.88. The number of imidazole rings is 1. The molecule has 1 aromatic rings. The van der Waals surface area contributed by atoms with E-state index in [4.69, 9.17) is 4.99 Å². The van der Waals surface area contributed by atoms with Crippen molar-refractivity contribution in [2.24, 2.45) is 10.9 Å². The molecule has 1 saturated heterocycles. The summed E-state index contributed by atoms with van der Waals surface area (Å²) in [6, 6.07) is 0. The Balaban J connectivity index is 1.76. The van der Waals surface area contributed by atoms with Crippen LogP contribution in [0.1, 0.15) is 45.9 Å². The molecule has 6 heteroatoms. The molecule has 1 N–H and O–H groups in total. The molecular formula is C20H38N6. The van der Waals surface area contributed by atoms with Crippen LogP contribution < -0.4 is 5.32 Å². The highest BCUT2D eigenvalue weighted by atomic mass is 15.3. The summed E-state index contributed by atoms with van der Waals surface area (Å²) in [6.07, 6.45) is 7.47. The zero-order valence-corrected chi connectivity index (χ0v) is 17.2. The first-order valence-electron chi connectivity index (χ1n) is 10.4. The summed E-state index contributed by atoms with van der Waals surface area (Å²) >= 11 is 0. The summed E-state index contributed by atoms with van der Waals surface area (Å²) < 4.78 is 2.22. The number of nitrogens with zero attached hydrogens (tertiary/aromatic N) is 5. The van der Waals surface area contributed by atoms with Gasteiger partial charge >= 0.3 is 0 Å². The highest BCUT2D eigenvalue weighted by molar-refractivity contribution is 5.80. The minimum atomic E-state index is 0.767. The smallest absolute Gasteiger partial charge is 0.193 e. The van der Waals surface area contributed by atoms with E-state index >= 15 is 0 Å². The fourth-order valence-corrected chi connectivity index (χ4v) is 3.67. The summed E-state index contributed by atoms with van der Waals surface area (Å²) in [5.74, 6) is 2.97. The monoisotopic (exact) mass is 362 g/mol. The summed E-state index contributed by atoms with van der Waals surface area (Å²) in [5.41, 5.74) is 0. The molecule has 1 unspecified atom stereocenters. The number of likely N-dealkylation sites (tertiary alicyclic amines) is 1. The van der Waals surface area contributed by atoms with Gasteiger partial charge in [0.05, 0.1) is 0 Å². The Morgan fingerprint density at radius 1 is 1.31 bits per heavy atom. The predicted octanol–water partition coefficient (Wildman–Crippen LogP) is 2.60. The number of nitrogens with one attached hydrogen (secondary N) is 1. The second-order valence-corrected chi connectivity index (χ2v) is 7.20. The van der Waals surface area contributed by atoms with E-state index in [1.165, 1.54) is 13.0 Å². The van der Waals surface area contributed by atoms with Crippen molar-refractivity contribution in [3.8, 4) is 0 Å². The van der Waals surface area contributed by atoms with E-state index in [9.17, 15) is 0 Å². The SMILES string of the molecule is CCNC(=NCCCCn1ccnc1C)N1CCC(CN(CC)CC)C1. The van der Waals surface area contributed by atoms with E-state index in [2.05, 4.69) is 58.6 Å². The first-order valence-corrected chi connectivity index (χ1v) is 10.4. The number of hydrogen-bond acceptors (Lipinski definition) is 3. The van der Waals surface area contributed by atoms with Crippen LogP contribution >= 0.6 is 0 Å². The minimum absolute atomic E-state index is 0.767. The van der Waals surface area contributed by atoms with E-state index in [0.717, 1.165) is 76.4 Å². The van der Waals surface area contributed by atoms with Gasteiger partial charge in [0, 0.05) is 51.7 Å². The molecular weight excluding hydrogens is 324 g/mol. The van der Waals surface area contributed by atoms with Crippen LogP contribution in [0.5, 0.6) is 0 Å². The molecule has 0 saturated carbocycles. The largest absolute Gasteiger partial charge is 0.357 e. The van der Waals surface area contributed by atoms with Gasteiger partial charge < -0.3 is 19.7 Å². The molecule has 148 valence electrons. The van der Waals surface area contributed by atoms with E-state index in [-0.39, 0.29) is 0 Å². The lowest BCUT2D eigenvalue weighted by Crippen LogP contribution is -2.41. The molecule has 0 amide bonds. The molecule has 0 spiro atoms. The number of rotatable bonds is 10. The number of aliphatic imine (C=N–C) groups is 1. The van der Waals surface area contributed by atoms with Crippen LogP contribution in [0.15, 0.2) is 17.4 Å². The van der Waals surface area contributed by atoms with Crippen LogP contribution in [0.4, 0.5) is 0 Å². The number of unbranched alkanes of at least 4 members (excludes halogenated alkanes) is 1. The Labute approximate surface area is 159 Å².